The summed E-state index contributed by atoms with van der Waals surface area (Å²) in [5.41, 5.74) is -1.17. The molecule has 0 spiro atoms. The molecule has 0 unspecified atom stereocenters. The number of piperidine rings is 1. The Bertz CT molecular complexity index is 833. The second kappa shape index (κ2) is 9.65. The minimum absolute atomic E-state index is 0.0110. The van der Waals surface area contributed by atoms with E-state index in [0.717, 1.165) is 29.1 Å². The van der Waals surface area contributed by atoms with Crippen LogP contribution < -0.4 is 5.32 Å². The van der Waals surface area contributed by atoms with Crippen LogP contribution >= 0.6 is 0 Å². The third-order valence-electron chi connectivity index (χ3n) is 5.45. The minimum atomic E-state index is -4.76. The highest BCUT2D eigenvalue weighted by atomic mass is 32.2. The van der Waals surface area contributed by atoms with E-state index in [1.807, 2.05) is 0 Å². The summed E-state index contributed by atoms with van der Waals surface area (Å²) in [5, 5.41) is 2.83. The van der Waals surface area contributed by atoms with Crippen LogP contribution in [0.1, 0.15) is 37.7 Å². The molecule has 30 heavy (non-hydrogen) atoms. The number of hydrogen-bond acceptors (Lipinski definition) is 4. The molecule has 2 aliphatic rings. The molecule has 1 amide bonds. The van der Waals surface area contributed by atoms with E-state index in [2.05, 4.69) is 5.32 Å². The molecule has 1 aliphatic heterocycles. The first-order valence-electron chi connectivity index (χ1n) is 10.2. The Kier molecular flexibility index (Phi) is 7.41. The van der Waals surface area contributed by atoms with Crippen molar-refractivity contribution in [2.75, 3.05) is 32.8 Å². The van der Waals surface area contributed by atoms with E-state index >= 15 is 0 Å². The van der Waals surface area contributed by atoms with Gasteiger partial charge in [0.05, 0.1) is 10.5 Å². The van der Waals surface area contributed by atoms with Gasteiger partial charge in [0.2, 0.25) is 15.9 Å². The van der Waals surface area contributed by atoms with Gasteiger partial charge in [0.15, 0.2) is 0 Å². The van der Waals surface area contributed by atoms with Gasteiger partial charge in [-0.05, 0) is 50.2 Å². The van der Waals surface area contributed by atoms with Crippen molar-refractivity contribution >= 4 is 15.9 Å². The summed E-state index contributed by atoms with van der Waals surface area (Å²) in [6.07, 6.45) is -1.04. The van der Waals surface area contributed by atoms with Crippen molar-refractivity contribution in [3.05, 3.63) is 29.8 Å². The summed E-state index contributed by atoms with van der Waals surface area (Å²) in [4.78, 5) is 11.5. The number of nitrogens with zero attached hydrogens (tertiary/aromatic N) is 1. The molecule has 1 aromatic carbocycles. The standard InChI is InChI=1S/C20H27F3N2O4S/c21-20(22,23)17-4-1-2-5-18(17)30(27,28)25-11-8-16(9-12-25)19(26)24-10-3-13-29-14-15-6-7-15/h1-2,4-5,15-16H,3,6-14H2,(H,24,26). The van der Waals surface area contributed by atoms with Crippen LogP contribution in [0.15, 0.2) is 29.2 Å². The highest BCUT2D eigenvalue weighted by Crippen LogP contribution is 2.36. The Morgan fingerprint density at radius 3 is 2.43 bits per heavy atom. The van der Waals surface area contributed by atoms with Gasteiger partial charge >= 0.3 is 6.18 Å². The van der Waals surface area contributed by atoms with Gasteiger partial charge in [-0.1, -0.05) is 12.1 Å². The smallest absolute Gasteiger partial charge is 0.381 e. The van der Waals surface area contributed by atoms with E-state index in [4.69, 9.17) is 4.74 Å². The second-order valence-electron chi connectivity index (χ2n) is 7.84. The second-order valence-corrected chi connectivity index (χ2v) is 9.74. The van der Waals surface area contributed by atoms with Gasteiger partial charge in [0.25, 0.3) is 0 Å². The summed E-state index contributed by atoms with van der Waals surface area (Å²) >= 11 is 0. The molecular weight excluding hydrogens is 421 g/mol. The Balaban J connectivity index is 1.48. The lowest BCUT2D eigenvalue weighted by molar-refractivity contribution is -0.139. The van der Waals surface area contributed by atoms with Gasteiger partial charge in [0.1, 0.15) is 0 Å². The Morgan fingerprint density at radius 2 is 1.80 bits per heavy atom. The first kappa shape index (κ1) is 23.0. The number of carbonyl (C=O) groups excluding carboxylic acids is 1. The predicted molar refractivity (Wildman–Crippen MR) is 104 cm³/mol. The summed E-state index contributed by atoms with van der Waals surface area (Å²) in [5.74, 6) is 0.204. The lowest BCUT2D eigenvalue weighted by Crippen LogP contribution is -2.43. The summed E-state index contributed by atoms with van der Waals surface area (Å²) in [6, 6.07) is 4.18. The molecule has 10 heteroatoms. The molecule has 6 nitrogen and oxygen atoms in total. The fourth-order valence-electron chi connectivity index (χ4n) is 3.49. The number of halogens is 3. The quantitative estimate of drug-likeness (QED) is 0.590. The Labute approximate surface area is 174 Å². The van der Waals surface area contributed by atoms with Crippen LogP contribution in [0.4, 0.5) is 13.2 Å². The zero-order valence-corrected chi connectivity index (χ0v) is 17.5. The first-order chi connectivity index (χ1) is 14.2. The van der Waals surface area contributed by atoms with Crippen LogP contribution in [0.5, 0.6) is 0 Å². The van der Waals surface area contributed by atoms with E-state index in [0.29, 0.717) is 25.5 Å². The third-order valence-corrected chi connectivity index (χ3v) is 7.41. The first-order valence-corrected chi connectivity index (χ1v) is 11.7. The van der Waals surface area contributed by atoms with Crippen molar-refractivity contribution in [1.82, 2.24) is 9.62 Å². The number of rotatable bonds is 9. The zero-order chi connectivity index (χ0) is 21.8. The number of hydrogen-bond donors (Lipinski definition) is 1. The van der Waals surface area contributed by atoms with Crippen molar-refractivity contribution < 1.29 is 31.1 Å². The Morgan fingerprint density at radius 1 is 1.13 bits per heavy atom. The number of carbonyl (C=O) groups is 1. The number of ether oxygens (including phenoxy) is 1. The molecule has 0 atom stereocenters. The van der Waals surface area contributed by atoms with Gasteiger partial charge in [-0.3, -0.25) is 4.79 Å². The summed E-state index contributed by atoms with van der Waals surface area (Å²) in [7, 11) is -4.29. The largest absolute Gasteiger partial charge is 0.417 e. The van der Waals surface area contributed by atoms with Gasteiger partial charge in [-0.15, -0.1) is 0 Å². The summed E-state index contributed by atoms with van der Waals surface area (Å²) < 4.78 is 71.7. The lowest BCUT2D eigenvalue weighted by atomic mass is 9.97. The van der Waals surface area contributed by atoms with Crippen LogP contribution in [0.2, 0.25) is 0 Å². The van der Waals surface area contributed by atoms with Crippen molar-refractivity contribution in [1.29, 1.82) is 0 Å². The van der Waals surface area contributed by atoms with Gasteiger partial charge in [0, 0.05) is 38.8 Å². The van der Waals surface area contributed by atoms with Crippen LogP contribution in [-0.4, -0.2) is 51.5 Å². The van der Waals surface area contributed by atoms with Crippen molar-refractivity contribution in [3.63, 3.8) is 0 Å². The SMILES string of the molecule is O=C(NCCCOCC1CC1)C1CCN(S(=O)(=O)c2ccccc2C(F)(F)F)CC1. The molecule has 0 aromatic heterocycles. The van der Waals surface area contributed by atoms with E-state index in [1.165, 1.54) is 18.9 Å². The number of alkyl halides is 3. The maximum Gasteiger partial charge on any atom is 0.417 e. The maximum absolute atomic E-state index is 13.2. The number of amides is 1. The molecule has 1 heterocycles. The fraction of sp³-hybridized carbons (Fsp3) is 0.650. The van der Waals surface area contributed by atoms with Gasteiger partial charge < -0.3 is 10.1 Å². The average molecular weight is 449 g/mol. The van der Waals surface area contributed by atoms with Crippen LogP contribution in [-0.2, 0) is 25.7 Å². The molecule has 1 saturated heterocycles. The van der Waals surface area contributed by atoms with Crippen molar-refractivity contribution in [3.8, 4) is 0 Å². The van der Waals surface area contributed by atoms with Crippen molar-refractivity contribution in [2.45, 2.75) is 43.2 Å². The lowest BCUT2D eigenvalue weighted by Gasteiger charge is -2.31. The van der Waals surface area contributed by atoms with Gasteiger partial charge in [-0.25, -0.2) is 8.42 Å². The molecule has 1 aromatic rings. The predicted octanol–water partition coefficient (Wildman–Crippen LogP) is 3.04. The number of sulfonamides is 1. The van der Waals surface area contributed by atoms with Crippen LogP contribution in [0, 0.1) is 11.8 Å². The summed E-state index contributed by atoms with van der Waals surface area (Å²) in [6.45, 7) is 1.87. The Hall–Kier alpha value is -1.65. The van der Waals surface area contributed by atoms with Crippen LogP contribution in [0.3, 0.4) is 0 Å². The fourth-order valence-corrected chi connectivity index (χ4v) is 5.17. The zero-order valence-electron chi connectivity index (χ0n) is 16.7. The van der Waals surface area contributed by atoms with Crippen LogP contribution in [0.25, 0.3) is 0 Å². The van der Waals surface area contributed by atoms with E-state index in [1.54, 1.807) is 0 Å². The monoisotopic (exact) mass is 448 g/mol. The molecule has 0 radical (unpaired) electrons. The normalized spacial score (nSPS) is 19.0. The molecule has 1 aliphatic carbocycles. The maximum atomic E-state index is 13.2. The molecule has 0 bridgehead atoms. The average Bonchev–Trinajstić information content (AvgIpc) is 3.54. The number of nitrogens with one attached hydrogen (secondary N) is 1. The topological polar surface area (TPSA) is 75.7 Å². The molecular formula is C20H27F3N2O4S. The third kappa shape index (κ3) is 5.95. The van der Waals surface area contributed by atoms with E-state index in [9.17, 15) is 26.4 Å². The molecule has 1 saturated carbocycles. The van der Waals surface area contributed by atoms with E-state index < -0.39 is 26.7 Å². The molecule has 168 valence electrons. The molecule has 3 rings (SSSR count). The highest BCUT2D eigenvalue weighted by molar-refractivity contribution is 7.89. The molecule has 2 fully saturated rings. The minimum Gasteiger partial charge on any atom is -0.381 e. The molecule has 1 N–H and O–H groups in total. The number of benzene rings is 1. The van der Waals surface area contributed by atoms with Crippen molar-refractivity contribution in [2.24, 2.45) is 11.8 Å². The van der Waals surface area contributed by atoms with E-state index in [-0.39, 0.29) is 37.8 Å². The van der Waals surface area contributed by atoms with Gasteiger partial charge in [-0.2, -0.15) is 17.5 Å². The highest BCUT2D eigenvalue weighted by Gasteiger charge is 2.40.